The van der Waals surface area contributed by atoms with Crippen molar-refractivity contribution in [3.05, 3.63) is 23.8 Å². The average Bonchev–Trinajstić information content (AvgIpc) is 2.78. The molecule has 2 N–H and O–H groups in total. The summed E-state index contributed by atoms with van der Waals surface area (Å²) in [4.78, 5) is 12.2. The van der Waals surface area contributed by atoms with Gasteiger partial charge in [-0.05, 0) is 24.6 Å². The van der Waals surface area contributed by atoms with Crippen LogP contribution in [0.1, 0.15) is 18.9 Å². The molecule has 120 valence electrons. The molecule has 1 saturated heterocycles. The van der Waals surface area contributed by atoms with Crippen molar-refractivity contribution in [3.8, 4) is 11.5 Å². The van der Waals surface area contributed by atoms with Crippen LogP contribution in [0.25, 0.3) is 0 Å². The Labute approximate surface area is 130 Å². The van der Waals surface area contributed by atoms with Crippen LogP contribution >= 0.6 is 0 Å². The molecule has 2 atom stereocenters. The largest absolute Gasteiger partial charge is 0.490 e. The third-order valence-corrected chi connectivity index (χ3v) is 3.88. The van der Waals surface area contributed by atoms with Gasteiger partial charge in [0.05, 0.1) is 25.9 Å². The molecule has 1 aromatic carbocycles. The molecule has 0 aliphatic carbocycles. The van der Waals surface area contributed by atoms with E-state index in [4.69, 9.17) is 14.2 Å². The lowest BCUT2D eigenvalue weighted by Crippen LogP contribution is -2.55. The number of carbonyl (C=O) groups is 1. The second-order valence-electron chi connectivity index (χ2n) is 5.56. The number of rotatable bonds is 3. The maximum absolute atomic E-state index is 12.2. The second kappa shape index (κ2) is 6.98. The highest BCUT2D eigenvalue weighted by Gasteiger charge is 2.27. The lowest BCUT2D eigenvalue weighted by Gasteiger charge is -2.29. The van der Waals surface area contributed by atoms with Crippen molar-refractivity contribution in [3.63, 3.8) is 0 Å². The second-order valence-corrected chi connectivity index (χ2v) is 5.56. The average molecular weight is 306 g/mol. The van der Waals surface area contributed by atoms with Crippen LogP contribution in [-0.4, -0.2) is 44.4 Å². The fourth-order valence-electron chi connectivity index (χ4n) is 2.64. The Hall–Kier alpha value is -1.79. The lowest BCUT2D eigenvalue weighted by molar-refractivity contribution is -0.129. The predicted molar refractivity (Wildman–Crippen MR) is 81.1 cm³/mol. The van der Waals surface area contributed by atoms with Crippen molar-refractivity contribution in [2.24, 2.45) is 0 Å². The number of amides is 1. The molecule has 6 nitrogen and oxygen atoms in total. The third kappa shape index (κ3) is 3.51. The highest BCUT2D eigenvalue weighted by Crippen LogP contribution is 2.30. The molecule has 2 aliphatic heterocycles. The molecule has 2 heterocycles. The number of benzene rings is 1. The van der Waals surface area contributed by atoms with Gasteiger partial charge in [0.25, 0.3) is 0 Å². The van der Waals surface area contributed by atoms with Crippen molar-refractivity contribution < 1.29 is 19.0 Å². The summed E-state index contributed by atoms with van der Waals surface area (Å²) < 4.78 is 16.8. The SMILES string of the molecule is C[C@H]1OCCN[C@@H]1C(=O)NCc1ccc2c(c1)OCCCO2. The number of hydrogen-bond donors (Lipinski definition) is 2. The van der Waals surface area contributed by atoms with Crippen LogP contribution in [-0.2, 0) is 16.1 Å². The van der Waals surface area contributed by atoms with Gasteiger partial charge in [-0.3, -0.25) is 4.79 Å². The quantitative estimate of drug-likeness (QED) is 0.866. The smallest absolute Gasteiger partial charge is 0.240 e. The van der Waals surface area contributed by atoms with Gasteiger partial charge in [0, 0.05) is 19.5 Å². The third-order valence-electron chi connectivity index (χ3n) is 3.88. The van der Waals surface area contributed by atoms with Crippen LogP contribution in [0, 0.1) is 0 Å². The minimum Gasteiger partial charge on any atom is -0.490 e. The van der Waals surface area contributed by atoms with E-state index in [2.05, 4.69) is 10.6 Å². The summed E-state index contributed by atoms with van der Waals surface area (Å²) in [6.07, 6.45) is 0.768. The van der Waals surface area contributed by atoms with Crippen LogP contribution in [0.3, 0.4) is 0 Å². The fraction of sp³-hybridized carbons (Fsp3) is 0.562. The molecule has 0 unspecified atom stereocenters. The number of ether oxygens (including phenoxy) is 3. The Kier molecular flexibility index (Phi) is 4.80. The summed E-state index contributed by atoms with van der Waals surface area (Å²) in [5.41, 5.74) is 0.988. The zero-order valence-electron chi connectivity index (χ0n) is 12.8. The highest BCUT2D eigenvalue weighted by molar-refractivity contribution is 5.82. The Bertz CT molecular complexity index is 535. The highest BCUT2D eigenvalue weighted by atomic mass is 16.5. The minimum absolute atomic E-state index is 0.0423. The van der Waals surface area contributed by atoms with E-state index in [0.717, 1.165) is 23.5 Å². The first-order chi connectivity index (χ1) is 10.7. The van der Waals surface area contributed by atoms with Gasteiger partial charge in [0.15, 0.2) is 11.5 Å². The number of hydrogen-bond acceptors (Lipinski definition) is 5. The normalized spacial score (nSPS) is 24.4. The summed E-state index contributed by atoms with van der Waals surface area (Å²) in [6.45, 7) is 5.04. The van der Waals surface area contributed by atoms with E-state index in [9.17, 15) is 4.79 Å². The molecule has 0 aromatic heterocycles. The zero-order valence-corrected chi connectivity index (χ0v) is 12.8. The minimum atomic E-state index is -0.297. The monoisotopic (exact) mass is 306 g/mol. The summed E-state index contributed by atoms with van der Waals surface area (Å²) in [5, 5.41) is 6.13. The molecular weight excluding hydrogens is 284 g/mol. The number of carbonyl (C=O) groups excluding carboxylic acids is 1. The van der Waals surface area contributed by atoms with Gasteiger partial charge in [-0.25, -0.2) is 0 Å². The van der Waals surface area contributed by atoms with Gasteiger partial charge in [-0.15, -0.1) is 0 Å². The van der Waals surface area contributed by atoms with Crippen LogP contribution in [0.15, 0.2) is 18.2 Å². The van der Waals surface area contributed by atoms with Crippen molar-refractivity contribution in [2.45, 2.75) is 32.0 Å². The molecule has 0 saturated carbocycles. The van der Waals surface area contributed by atoms with E-state index in [1.807, 2.05) is 25.1 Å². The van der Waals surface area contributed by atoms with Gasteiger partial charge in [0.2, 0.25) is 5.91 Å². The van der Waals surface area contributed by atoms with Gasteiger partial charge in [-0.2, -0.15) is 0 Å². The summed E-state index contributed by atoms with van der Waals surface area (Å²) in [5.74, 6) is 1.47. The Morgan fingerprint density at radius 2 is 2.09 bits per heavy atom. The van der Waals surface area contributed by atoms with Gasteiger partial charge in [-0.1, -0.05) is 6.07 Å². The lowest BCUT2D eigenvalue weighted by atomic mass is 10.1. The van der Waals surface area contributed by atoms with Crippen LogP contribution in [0.4, 0.5) is 0 Å². The molecule has 1 aromatic rings. The van der Waals surface area contributed by atoms with Gasteiger partial charge < -0.3 is 24.8 Å². The molecule has 0 radical (unpaired) electrons. The number of morpholine rings is 1. The first-order valence-electron chi connectivity index (χ1n) is 7.75. The predicted octanol–water partition coefficient (Wildman–Crippen LogP) is 0.841. The molecule has 1 fully saturated rings. The topological polar surface area (TPSA) is 68.8 Å². The van der Waals surface area contributed by atoms with Gasteiger partial charge in [0.1, 0.15) is 6.04 Å². The zero-order chi connectivity index (χ0) is 15.4. The van der Waals surface area contributed by atoms with E-state index in [0.29, 0.717) is 32.9 Å². The molecular formula is C16H22N2O4. The Balaban J connectivity index is 1.59. The molecule has 0 bridgehead atoms. The van der Waals surface area contributed by atoms with E-state index < -0.39 is 0 Å². The van der Waals surface area contributed by atoms with Crippen LogP contribution < -0.4 is 20.1 Å². The molecule has 22 heavy (non-hydrogen) atoms. The van der Waals surface area contributed by atoms with Crippen LogP contribution in [0.5, 0.6) is 11.5 Å². The summed E-state index contributed by atoms with van der Waals surface area (Å²) in [6, 6.07) is 5.47. The van der Waals surface area contributed by atoms with E-state index >= 15 is 0 Å². The first kappa shape index (κ1) is 15.1. The maximum Gasteiger partial charge on any atom is 0.240 e. The summed E-state index contributed by atoms with van der Waals surface area (Å²) in [7, 11) is 0. The molecule has 0 spiro atoms. The van der Waals surface area contributed by atoms with Crippen molar-refractivity contribution >= 4 is 5.91 Å². The van der Waals surface area contributed by atoms with E-state index in [1.165, 1.54) is 0 Å². The molecule has 6 heteroatoms. The number of nitrogens with one attached hydrogen (secondary N) is 2. The molecule has 3 rings (SSSR count). The van der Waals surface area contributed by atoms with Gasteiger partial charge >= 0.3 is 0 Å². The van der Waals surface area contributed by atoms with Crippen molar-refractivity contribution in [1.82, 2.24) is 10.6 Å². The first-order valence-corrected chi connectivity index (χ1v) is 7.75. The summed E-state index contributed by atoms with van der Waals surface area (Å²) >= 11 is 0. The maximum atomic E-state index is 12.2. The fourth-order valence-corrected chi connectivity index (χ4v) is 2.64. The van der Waals surface area contributed by atoms with Crippen molar-refractivity contribution in [1.29, 1.82) is 0 Å². The van der Waals surface area contributed by atoms with Crippen LogP contribution in [0.2, 0.25) is 0 Å². The molecule has 1 amide bonds. The Morgan fingerprint density at radius 3 is 2.91 bits per heavy atom. The number of fused-ring (bicyclic) bond motifs is 1. The molecule has 2 aliphatic rings. The standard InChI is InChI=1S/C16H22N2O4/c1-11-15(17-5-8-20-11)16(19)18-10-12-3-4-13-14(9-12)22-7-2-6-21-13/h3-4,9,11,15,17H,2,5-8,10H2,1H3,(H,18,19)/t11-,15+/m1/s1. The van der Waals surface area contributed by atoms with E-state index in [-0.39, 0.29) is 18.1 Å². The van der Waals surface area contributed by atoms with E-state index in [1.54, 1.807) is 0 Å². The Morgan fingerprint density at radius 1 is 1.27 bits per heavy atom. The van der Waals surface area contributed by atoms with Crippen molar-refractivity contribution in [2.75, 3.05) is 26.4 Å².